The van der Waals surface area contributed by atoms with Gasteiger partial charge in [-0.15, -0.1) is 0 Å². The molecule has 2 aliphatic carbocycles. The quantitative estimate of drug-likeness (QED) is 0.402. The summed E-state index contributed by atoms with van der Waals surface area (Å²) in [5.74, 6) is 2.52. The normalized spacial score (nSPS) is 20.1. The fourth-order valence-corrected chi connectivity index (χ4v) is 3.68. The second kappa shape index (κ2) is 23.9. The largest absolute Gasteiger partial charge is 0.381 e. The van der Waals surface area contributed by atoms with E-state index in [2.05, 4.69) is 68.5 Å². The first-order valence-corrected chi connectivity index (χ1v) is 12.8. The second-order valence-corrected chi connectivity index (χ2v) is 7.09. The Labute approximate surface area is 190 Å². The highest BCUT2D eigenvalue weighted by Crippen LogP contribution is 2.41. The average molecular weight is 417 g/mol. The van der Waals surface area contributed by atoms with E-state index in [0.717, 1.165) is 37.4 Å². The van der Waals surface area contributed by atoms with Crippen molar-refractivity contribution in [2.24, 2.45) is 17.8 Å². The van der Waals surface area contributed by atoms with E-state index in [1.807, 2.05) is 41.5 Å². The van der Waals surface area contributed by atoms with Gasteiger partial charge in [-0.2, -0.15) is 0 Å². The van der Waals surface area contributed by atoms with Crippen LogP contribution in [0.3, 0.4) is 0 Å². The molecule has 2 aliphatic rings. The molecule has 0 aromatic heterocycles. The van der Waals surface area contributed by atoms with Crippen molar-refractivity contribution < 1.29 is 4.74 Å². The molecule has 0 saturated heterocycles. The van der Waals surface area contributed by atoms with E-state index in [1.165, 1.54) is 37.7 Å². The van der Waals surface area contributed by atoms with Gasteiger partial charge in [-0.25, -0.2) is 0 Å². The molecule has 0 spiro atoms. The topological polar surface area (TPSA) is 9.23 Å². The molecule has 1 aromatic carbocycles. The van der Waals surface area contributed by atoms with Gasteiger partial charge < -0.3 is 4.74 Å². The molecule has 1 saturated carbocycles. The van der Waals surface area contributed by atoms with Gasteiger partial charge in [0.15, 0.2) is 0 Å². The van der Waals surface area contributed by atoms with Crippen molar-refractivity contribution in [1.29, 1.82) is 0 Å². The number of unbranched alkanes of at least 4 members (excludes halogenated alkanes) is 1. The lowest BCUT2D eigenvalue weighted by Crippen LogP contribution is -2.03. The molecule has 0 bridgehead atoms. The third kappa shape index (κ3) is 14.6. The molecule has 1 nitrogen and oxygen atoms in total. The van der Waals surface area contributed by atoms with Crippen molar-refractivity contribution in [3.05, 3.63) is 60.2 Å². The van der Waals surface area contributed by atoms with Gasteiger partial charge in [0.2, 0.25) is 0 Å². The molecule has 174 valence electrons. The van der Waals surface area contributed by atoms with E-state index in [-0.39, 0.29) is 0 Å². The number of hydrogen-bond acceptors (Lipinski definition) is 1. The predicted molar refractivity (Wildman–Crippen MR) is 138 cm³/mol. The monoisotopic (exact) mass is 416 g/mol. The summed E-state index contributed by atoms with van der Waals surface area (Å²) in [6, 6.07) is 10.9. The minimum absolute atomic E-state index is 0.818. The summed E-state index contributed by atoms with van der Waals surface area (Å²) in [5, 5.41) is 0. The van der Waals surface area contributed by atoms with Gasteiger partial charge in [0, 0.05) is 13.2 Å². The van der Waals surface area contributed by atoms with E-state index in [9.17, 15) is 0 Å². The van der Waals surface area contributed by atoms with E-state index in [0.29, 0.717) is 0 Å². The van der Waals surface area contributed by atoms with Crippen LogP contribution in [0, 0.1) is 17.8 Å². The highest BCUT2D eigenvalue weighted by molar-refractivity contribution is 5.19. The summed E-state index contributed by atoms with van der Waals surface area (Å²) >= 11 is 0. The summed E-state index contributed by atoms with van der Waals surface area (Å²) in [7, 11) is 0. The fraction of sp³-hybridized carbons (Fsp3) is 0.655. The molecule has 0 radical (unpaired) electrons. The minimum Gasteiger partial charge on any atom is -0.381 e. The van der Waals surface area contributed by atoms with E-state index in [4.69, 9.17) is 4.74 Å². The SMILES string of the molecule is C1=CC2CC(Cc3ccccc3)CC2C=C1.CC.CC.CC.CCCCOCCC. The van der Waals surface area contributed by atoms with Crippen LogP contribution >= 0.6 is 0 Å². The molecule has 0 amide bonds. The van der Waals surface area contributed by atoms with Crippen molar-refractivity contribution in [2.45, 2.75) is 93.9 Å². The van der Waals surface area contributed by atoms with Crippen LogP contribution in [-0.2, 0) is 11.2 Å². The molecule has 0 aliphatic heterocycles. The number of benzene rings is 1. The predicted octanol–water partition coefficient (Wildman–Crippen LogP) is 9.29. The Morgan fingerprint density at radius 1 is 0.733 bits per heavy atom. The lowest BCUT2D eigenvalue weighted by molar-refractivity contribution is 0.132. The first kappa shape index (κ1) is 30.9. The third-order valence-corrected chi connectivity index (χ3v) is 4.95. The number of fused-ring (bicyclic) bond motifs is 1. The zero-order valence-electron chi connectivity index (χ0n) is 21.5. The van der Waals surface area contributed by atoms with Crippen LogP contribution < -0.4 is 0 Å². The van der Waals surface area contributed by atoms with Crippen LogP contribution in [0.25, 0.3) is 0 Å². The molecular weight excluding hydrogens is 364 g/mol. The lowest BCUT2D eigenvalue weighted by Gasteiger charge is -2.13. The van der Waals surface area contributed by atoms with Crippen molar-refractivity contribution in [1.82, 2.24) is 0 Å². The summed E-state index contributed by atoms with van der Waals surface area (Å²) < 4.78 is 5.22. The number of rotatable bonds is 7. The molecule has 2 atom stereocenters. The molecule has 3 rings (SSSR count). The Hall–Kier alpha value is -1.34. The van der Waals surface area contributed by atoms with Crippen LogP contribution in [0.4, 0.5) is 0 Å². The van der Waals surface area contributed by atoms with Crippen LogP contribution in [0.15, 0.2) is 54.6 Å². The van der Waals surface area contributed by atoms with E-state index < -0.39 is 0 Å². The molecule has 2 unspecified atom stereocenters. The Morgan fingerprint density at radius 2 is 1.27 bits per heavy atom. The van der Waals surface area contributed by atoms with Crippen molar-refractivity contribution >= 4 is 0 Å². The van der Waals surface area contributed by atoms with E-state index in [1.54, 1.807) is 0 Å². The molecule has 30 heavy (non-hydrogen) atoms. The third-order valence-electron chi connectivity index (χ3n) is 4.95. The number of hydrogen-bond donors (Lipinski definition) is 0. The van der Waals surface area contributed by atoms with Gasteiger partial charge in [-0.3, -0.25) is 0 Å². The highest BCUT2D eigenvalue weighted by atomic mass is 16.5. The van der Waals surface area contributed by atoms with Crippen LogP contribution in [0.5, 0.6) is 0 Å². The number of ether oxygens (including phenoxy) is 1. The van der Waals surface area contributed by atoms with Crippen LogP contribution in [0.2, 0.25) is 0 Å². The maximum absolute atomic E-state index is 5.22. The van der Waals surface area contributed by atoms with Crippen LogP contribution in [-0.4, -0.2) is 13.2 Å². The van der Waals surface area contributed by atoms with Gasteiger partial charge in [-0.1, -0.05) is 116 Å². The summed E-state index contributed by atoms with van der Waals surface area (Å²) in [4.78, 5) is 0. The smallest absolute Gasteiger partial charge is 0.0465 e. The molecule has 1 heteroatoms. The first-order chi connectivity index (χ1) is 14.8. The average Bonchev–Trinajstić information content (AvgIpc) is 3.24. The standard InChI is InChI=1S/C16H18.C7H16O.3C2H6/c1-2-6-13(7-3-1)10-14-11-15-8-4-5-9-16(15)12-14;1-3-5-7-8-6-4-2;3*1-2/h1-9,14-16H,10-12H2;3-7H2,1-2H3;3*1-2H3. The first-order valence-electron chi connectivity index (χ1n) is 12.8. The molecule has 0 N–H and O–H groups in total. The maximum Gasteiger partial charge on any atom is 0.0465 e. The van der Waals surface area contributed by atoms with Crippen molar-refractivity contribution in [3.63, 3.8) is 0 Å². The van der Waals surface area contributed by atoms with Crippen LogP contribution in [0.1, 0.15) is 93.1 Å². The Kier molecular flexibility index (Phi) is 24.6. The number of allylic oxidation sites excluding steroid dienone is 4. The van der Waals surface area contributed by atoms with Gasteiger partial charge in [-0.05, 0) is 55.4 Å². The Morgan fingerprint density at radius 3 is 1.73 bits per heavy atom. The minimum atomic E-state index is 0.818. The van der Waals surface area contributed by atoms with Gasteiger partial charge in [0.1, 0.15) is 0 Å². The second-order valence-electron chi connectivity index (χ2n) is 7.09. The molecular formula is C29H52O. The highest BCUT2D eigenvalue weighted by Gasteiger charge is 2.31. The molecule has 1 aromatic rings. The van der Waals surface area contributed by atoms with Gasteiger partial charge in [0.25, 0.3) is 0 Å². The Bertz CT molecular complexity index is 462. The molecule has 0 heterocycles. The fourth-order valence-electron chi connectivity index (χ4n) is 3.68. The maximum atomic E-state index is 5.22. The summed E-state index contributed by atoms with van der Waals surface area (Å²) in [6.45, 7) is 18.2. The van der Waals surface area contributed by atoms with Crippen molar-refractivity contribution in [3.8, 4) is 0 Å². The zero-order valence-corrected chi connectivity index (χ0v) is 21.5. The van der Waals surface area contributed by atoms with Crippen molar-refractivity contribution in [2.75, 3.05) is 13.2 Å². The van der Waals surface area contributed by atoms with E-state index >= 15 is 0 Å². The van der Waals surface area contributed by atoms with Gasteiger partial charge in [0.05, 0.1) is 0 Å². The summed E-state index contributed by atoms with van der Waals surface area (Å²) in [5.41, 5.74) is 1.50. The van der Waals surface area contributed by atoms with Gasteiger partial charge >= 0.3 is 0 Å². The Balaban J connectivity index is 0. The summed E-state index contributed by atoms with van der Waals surface area (Å²) in [6.07, 6.45) is 16.8. The molecule has 1 fully saturated rings. The lowest BCUT2D eigenvalue weighted by atomic mass is 9.92. The zero-order chi connectivity index (χ0) is 23.0.